The molecule has 26 heavy (non-hydrogen) atoms. The SMILES string of the molecule is CN=C(NCCc1nc(C(C)C)no1)N1CCN(Cc2ccon2)CC1. The predicted molar refractivity (Wildman–Crippen MR) is 96.8 cm³/mol. The average molecular weight is 361 g/mol. The van der Waals surface area contributed by atoms with Gasteiger partial charge in [-0.2, -0.15) is 4.98 Å². The highest BCUT2D eigenvalue weighted by molar-refractivity contribution is 5.80. The number of nitrogens with zero attached hydrogens (tertiary/aromatic N) is 6. The zero-order chi connectivity index (χ0) is 18.4. The van der Waals surface area contributed by atoms with Crippen LogP contribution in [0.3, 0.4) is 0 Å². The van der Waals surface area contributed by atoms with Crippen LogP contribution < -0.4 is 5.32 Å². The highest BCUT2D eigenvalue weighted by atomic mass is 16.5. The van der Waals surface area contributed by atoms with Crippen LogP contribution in [0.25, 0.3) is 0 Å². The van der Waals surface area contributed by atoms with E-state index < -0.39 is 0 Å². The first-order valence-corrected chi connectivity index (χ1v) is 9.05. The molecule has 0 radical (unpaired) electrons. The minimum absolute atomic E-state index is 0.279. The Hall–Kier alpha value is -2.42. The first kappa shape index (κ1) is 18.4. The summed E-state index contributed by atoms with van der Waals surface area (Å²) in [7, 11) is 1.81. The molecule has 0 unspecified atom stereocenters. The molecule has 3 rings (SSSR count). The fourth-order valence-corrected chi connectivity index (χ4v) is 2.88. The Morgan fingerprint density at radius 1 is 1.27 bits per heavy atom. The normalized spacial score (nSPS) is 16.5. The zero-order valence-corrected chi connectivity index (χ0v) is 15.7. The molecular formula is C17H27N7O2. The van der Waals surface area contributed by atoms with Crippen molar-refractivity contribution in [3.8, 4) is 0 Å². The lowest BCUT2D eigenvalue weighted by atomic mass is 10.2. The smallest absolute Gasteiger partial charge is 0.228 e. The van der Waals surface area contributed by atoms with E-state index in [1.54, 1.807) is 6.26 Å². The fraction of sp³-hybridized carbons (Fsp3) is 0.647. The van der Waals surface area contributed by atoms with Gasteiger partial charge in [-0.3, -0.25) is 9.89 Å². The summed E-state index contributed by atoms with van der Waals surface area (Å²) < 4.78 is 10.2. The lowest BCUT2D eigenvalue weighted by Gasteiger charge is -2.36. The van der Waals surface area contributed by atoms with Crippen LogP contribution >= 0.6 is 0 Å². The van der Waals surface area contributed by atoms with Crippen LogP contribution in [0.2, 0.25) is 0 Å². The van der Waals surface area contributed by atoms with Gasteiger partial charge in [0.05, 0.1) is 5.69 Å². The van der Waals surface area contributed by atoms with E-state index in [4.69, 9.17) is 9.05 Å². The molecule has 0 spiro atoms. The summed E-state index contributed by atoms with van der Waals surface area (Å²) >= 11 is 0. The van der Waals surface area contributed by atoms with E-state index in [9.17, 15) is 0 Å². The molecule has 1 N–H and O–H groups in total. The Labute approximate surface area is 153 Å². The van der Waals surface area contributed by atoms with Crippen LogP contribution in [-0.2, 0) is 13.0 Å². The van der Waals surface area contributed by atoms with Gasteiger partial charge in [0, 0.05) is 64.7 Å². The van der Waals surface area contributed by atoms with Gasteiger partial charge >= 0.3 is 0 Å². The number of guanidine groups is 1. The topological polar surface area (TPSA) is 95.8 Å². The number of piperazine rings is 1. The zero-order valence-electron chi connectivity index (χ0n) is 15.7. The average Bonchev–Trinajstić information content (AvgIpc) is 3.32. The van der Waals surface area contributed by atoms with Crippen molar-refractivity contribution in [1.82, 2.24) is 30.4 Å². The summed E-state index contributed by atoms with van der Waals surface area (Å²) in [4.78, 5) is 13.4. The molecule has 1 fully saturated rings. The van der Waals surface area contributed by atoms with E-state index in [0.717, 1.165) is 50.2 Å². The van der Waals surface area contributed by atoms with E-state index in [0.29, 0.717) is 18.9 Å². The van der Waals surface area contributed by atoms with Crippen LogP contribution in [-0.4, -0.2) is 70.8 Å². The summed E-state index contributed by atoms with van der Waals surface area (Å²) in [6.45, 7) is 9.43. The number of hydrogen-bond acceptors (Lipinski definition) is 7. The first-order valence-electron chi connectivity index (χ1n) is 9.05. The van der Waals surface area contributed by atoms with Crippen molar-refractivity contribution in [3.63, 3.8) is 0 Å². The highest BCUT2D eigenvalue weighted by Gasteiger charge is 2.20. The van der Waals surface area contributed by atoms with Gasteiger partial charge in [-0.1, -0.05) is 24.2 Å². The van der Waals surface area contributed by atoms with Crippen molar-refractivity contribution in [3.05, 3.63) is 29.7 Å². The maximum atomic E-state index is 5.28. The number of hydrogen-bond donors (Lipinski definition) is 1. The molecule has 0 bridgehead atoms. The van der Waals surface area contributed by atoms with Crippen molar-refractivity contribution in [2.45, 2.75) is 32.7 Å². The van der Waals surface area contributed by atoms with Crippen LogP contribution in [0.1, 0.15) is 37.2 Å². The van der Waals surface area contributed by atoms with Crippen LogP contribution in [0.15, 0.2) is 26.4 Å². The minimum Gasteiger partial charge on any atom is -0.364 e. The molecule has 0 amide bonds. The fourth-order valence-electron chi connectivity index (χ4n) is 2.88. The van der Waals surface area contributed by atoms with E-state index in [1.807, 2.05) is 13.1 Å². The molecular weight excluding hydrogens is 334 g/mol. The van der Waals surface area contributed by atoms with Gasteiger partial charge in [0.25, 0.3) is 0 Å². The van der Waals surface area contributed by atoms with Gasteiger partial charge in [0.1, 0.15) is 6.26 Å². The third kappa shape index (κ3) is 4.81. The summed E-state index contributed by atoms with van der Waals surface area (Å²) in [6.07, 6.45) is 2.30. The first-order chi connectivity index (χ1) is 12.7. The van der Waals surface area contributed by atoms with Gasteiger partial charge in [0.15, 0.2) is 11.8 Å². The van der Waals surface area contributed by atoms with E-state index in [1.165, 1.54) is 0 Å². The molecule has 1 aliphatic heterocycles. The Balaban J connectivity index is 1.41. The second kappa shape index (κ2) is 8.79. The molecule has 2 aromatic rings. The van der Waals surface area contributed by atoms with Gasteiger partial charge in [0.2, 0.25) is 5.89 Å². The maximum Gasteiger partial charge on any atom is 0.228 e. The Kier molecular flexibility index (Phi) is 6.21. The Bertz CT molecular complexity index is 688. The van der Waals surface area contributed by atoms with E-state index in [2.05, 4.69) is 49.3 Å². The van der Waals surface area contributed by atoms with Crippen molar-refractivity contribution in [2.24, 2.45) is 4.99 Å². The van der Waals surface area contributed by atoms with Crippen LogP contribution in [0.4, 0.5) is 0 Å². The lowest BCUT2D eigenvalue weighted by molar-refractivity contribution is 0.169. The molecule has 3 heterocycles. The summed E-state index contributed by atoms with van der Waals surface area (Å²) in [6, 6.07) is 1.91. The van der Waals surface area contributed by atoms with Crippen LogP contribution in [0, 0.1) is 0 Å². The summed E-state index contributed by atoms with van der Waals surface area (Å²) in [5, 5.41) is 11.4. The lowest BCUT2D eigenvalue weighted by Crippen LogP contribution is -2.52. The molecule has 1 saturated heterocycles. The molecule has 1 aliphatic rings. The van der Waals surface area contributed by atoms with Gasteiger partial charge in [-0.15, -0.1) is 0 Å². The van der Waals surface area contributed by atoms with E-state index in [-0.39, 0.29) is 5.92 Å². The van der Waals surface area contributed by atoms with Crippen molar-refractivity contribution in [1.29, 1.82) is 0 Å². The quantitative estimate of drug-likeness (QED) is 0.604. The Morgan fingerprint density at radius 2 is 2.08 bits per heavy atom. The Morgan fingerprint density at radius 3 is 2.69 bits per heavy atom. The molecule has 142 valence electrons. The van der Waals surface area contributed by atoms with Crippen molar-refractivity contribution < 1.29 is 9.05 Å². The number of rotatable bonds is 6. The third-order valence-electron chi connectivity index (χ3n) is 4.38. The van der Waals surface area contributed by atoms with Gasteiger partial charge in [-0.05, 0) is 0 Å². The van der Waals surface area contributed by atoms with Crippen LogP contribution in [0.5, 0.6) is 0 Å². The van der Waals surface area contributed by atoms with Gasteiger partial charge in [-0.25, -0.2) is 0 Å². The second-order valence-electron chi connectivity index (χ2n) is 6.68. The molecule has 0 atom stereocenters. The molecule has 0 saturated carbocycles. The molecule has 0 aromatic carbocycles. The minimum atomic E-state index is 0.279. The number of aliphatic imine (C=N–C) groups is 1. The second-order valence-corrected chi connectivity index (χ2v) is 6.68. The predicted octanol–water partition coefficient (Wildman–Crippen LogP) is 1.12. The molecule has 2 aromatic heterocycles. The monoisotopic (exact) mass is 361 g/mol. The largest absolute Gasteiger partial charge is 0.364 e. The highest BCUT2D eigenvalue weighted by Crippen LogP contribution is 2.10. The summed E-state index contributed by atoms with van der Waals surface area (Å²) in [5.74, 6) is 2.61. The molecule has 0 aliphatic carbocycles. The van der Waals surface area contributed by atoms with Crippen molar-refractivity contribution >= 4 is 5.96 Å². The number of nitrogens with one attached hydrogen (secondary N) is 1. The third-order valence-corrected chi connectivity index (χ3v) is 4.38. The van der Waals surface area contributed by atoms with Crippen molar-refractivity contribution in [2.75, 3.05) is 39.8 Å². The van der Waals surface area contributed by atoms with E-state index >= 15 is 0 Å². The molecule has 9 nitrogen and oxygen atoms in total. The molecule has 9 heteroatoms. The summed E-state index contributed by atoms with van der Waals surface area (Å²) in [5.41, 5.74) is 0.973. The maximum absolute atomic E-state index is 5.28. The number of aromatic nitrogens is 3. The standard InChI is InChI=1S/C17H27N7O2/c1-13(2)16-20-15(26-22-16)4-6-19-17(18-3)24-9-7-23(8-10-24)12-14-5-11-25-21-14/h5,11,13H,4,6-10,12H2,1-3H3,(H,18,19). The van der Waals surface area contributed by atoms with Gasteiger partial charge < -0.3 is 19.3 Å².